The Morgan fingerprint density at radius 1 is 1.14 bits per heavy atom. The Bertz CT molecular complexity index is 978. The van der Waals surface area contributed by atoms with Gasteiger partial charge in [-0.05, 0) is 49.1 Å². The third kappa shape index (κ3) is 4.34. The number of likely N-dealkylation sites (tertiary alicyclic amines) is 1. The summed E-state index contributed by atoms with van der Waals surface area (Å²) in [5.74, 6) is 1.07. The average Bonchev–Trinajstić information content (AvgIpc) is 3.20. The van der Waals surface area contributed by atoms with Crippen molar-refractivity contribution in [2.24, 2.45) is 5.92 Å². The highest BCUT2D eigenvalue weighted by molar-refractivity contribution is 5.79. The molecule has 1 amide bonds. The van der Waals surface area contributed by atoms with E-state index in [-0.39, 0.29) is 11.8 Å². The molecule has 1 fully saturated rings. The summed E-state index contributed by atoms with van der Waals surface area (Å²) < 4.78 is 7.26. The van der Waals surface area contributed by atoms with Gasteiger partial charge in [0, 0.05) is 37.3 Å². The van der Waals surface area contributed by atoms with Crippen molar-refractivity contribution in [3.8, 4) is 11.4 Å². The van der Waals surface area contributed by atoms with E-state index in [1.165, 1.54) is 5.56 Å². The fraction of sp³-hybridized carbons (Fsp3) is 0.333. The minimum atomic E-state index is 0.00205. The van der Waals surface area contributed by atoms with Crippen LogP contribution >= 0.6 is 0 Å². The molecule has 5 nitrogen and oxygen atoms in total. The molecule has 0 saturated carbocycles. The van der Waals surface area contributed by atoms with Gasteiger partial charge in [-0.3, -0.25) is 4.79 Å². The number of imidazole rings is 1. The van der Waals surface area contributed by atoms with Crippen LogP contribution in [0.2, 0.25) is 0 Å². The Hall–Kier alpha value is -3.08. The number of aromatic nitrogens is 2. The van der Waals surface area contributed by atoms with Gasteiger partial charge in [-0.2, -0.15) is 0 Å². The lowest BCUT2D eigenvalue weighted by atomic mass is 9.92. The van der Waals surface area contributed by atoms with Gasteiger partial charge in [-0.15, -0.1) is 0 Å². The lowest BCUT2D eigenvalue weighted by molar-refractivity contribution is -0.139. The quantitative estimate of drug-likeness (QED) is 0.636. The number of aryl methyl sites for hydroxylation is 1. The van der Waals surface area contributed by atoms with Crippen LogP contribution in [0.3, 0.4) is 0 Å². The molecule has 4 rings (SSSR count). The molecule has 2 heterocycles. The predicted molar refractivity (Wildman–Crippen MR) is 113 cm³/mol. The first kappa shape index (κ1) is 19.2. The van der Waals surface area contributed by atoms with Crippen molar-refractivity contribution in [3.63, 3.8) is 0 Å². The summed E-state index contributed by atoms with van der Waals surface area (Å²) in [5.41, 5.74) is 4.43. The SMILES string of the molecule is COc1ccc(CN2CCCC(Cc3cn(-c4ccccc4C)cn3)C2=O)cc1. The van der Waals surface area contributed by atoms with Crippen LogP contribution in [-0.2, 0) is 17.8 Å². The predicted octanol–water partition coefficient (Wildman–Crippen LogP) is 4.17. The Kier molecular flexibility index (Phi) is 5.65. The molecule has 0 radical (unpaired) electrons. The lowest BCUT2D eigenvalue weighted by Crippen LogP contribution is -2.41. The van der Waals surface area contributed by atoms with Crippen molar-refractivity contribution in [1.82, 2.24) is 14.5 Å². The highest BCUT2D eigenvalue weighted by Crippen LogP contribution is 2.24. The molecule has 0 bridgehead atoms. The molecule has 1 aliphatic rings. The Balaban J connectivity index is 1.42. The van der Waals surface area contributed by atoms with Gasteiger partial charge >= 0.3 is 0 Å². The van der Waals surface area contributed by atoms with Crippen LogP contribution in [0.25, 0.3) is 5.69 Å². The summed E-state index contributed by atoms with van der Waals surface area (Å²) >= 11 is 0. The molecule has 3 aromatic rings. The average molecular weight is 389 g/mol. The number of hydrogen-bond acceptors (Lipinski definition) is 3. The number of amides is 1. The maximum absolute atomic E-state index is 13.1. The Morgan fingerprint density at radius 3 is 2.69 bits per heavy atom. The number of carbonyl (C=O) groups is 1. The molecule has 1 aromatic heterocycles. The van der Waals surface area contributed by atoms with Crippen molar-refractivity contribution in [2.45, 2.75) is 32.7 Å². The van der Waals surface area contributed by atoms with Gasteiger partial charge in [0.2, 0.25) is 5.91 Å². The van der Waals surface area contributed by atoms with E-state index < -0.39 is 0 Å². The monoisotopic (exact) mass is 389 g/mol. The van der Waals surface area contributed by atoms with Crippen LogP contribution < -0.4 is 4.74 Å². The zero-order valence-electron chi connectivity index (χ0n) is 17.0. The van der Waals surface area contributed by atoms with Crippen LogP contribution in [0, 0.1) is 12.8 Å². The fourth-order valence-corrected chi connectivity index (χ4v) is 4.02. The van der Waals surface area contributed by atoms with Crippen molar-refractivity contribution in [3.05, 3.63) is 77.9 Å². The molecular formula is C24H27N3O2. The van der Waals surface area contributed by atoms with E-state index in [4.69, 9.17) is 4.74 Å². The molecule has 150 valence electrons. The van der Waals surface area contributed by atoms with E-state index in [1.807, 2.05) is 52.2 Å². The van der Waals surface area contributed by atoms with E-state index in [0.29, 0.717) is 13.0 Å². The molecule has 0 spiro atoms. The van der Waals surface area contributed by atoms with E-state index in [9.17, 15) is 4.79 Å². The summed E-state index contributed by atoms with van der Waals surface area (Å²) in [5, 5.41) is 0. The minimum Gasteiger partial charge on any atom is -0.497 e. The van der Waals surface area contributed by atoms with E-state index in [2.05, 4.69) is 30.2 Å². The molecular weight excluding hydrogens is 362 g/mol. The number of carbonyl (C=O) groups excluding carboxylic acids is 1. The fourth-order valence-electron chi connectivity index (χ4n) is 4.02. The maximum Gasteiger partial charge on any atom is 0.226 e. The number of para-hydroxylation sites is 1. The summed E-state index contributed by atoms with van der Waals surface area (Å²) in [6.45, 7) is 3.56. The summed E-state index contributed by atoms with van der Waals surface area (Å²) in [4.78, 5) is 19.6. The second-order valence-corrected chi connectivity index (χ2v) is 7.71. The third-order valence-corrected chi connectivity index (χ3v) is 5.66. The topological polar surface area (TPSA) is 47.4 Å². The van der Waals surface area contributed by atoms with Crippen LogP contribution in [0.15, 0.2) is 61.1 Å². The highest BCUT2D eigenvalue weighted by atomic mass is 16.5. The molecule has 1 unspecified atom stereocenters. The molecule has 1 saturated heterocycles. The zero-order chi connectivity index (χ0) is 20.2. The zero-order valence-corrected chi connectivity index (χ0v) is 17.0. The van der Waals surface area contributed by atoms with Gasteiger partial charge < -0.3 is 14.2 Å². The van der Waals surface area contributed by atoms with Crippen molar-refractivity contribution in [2.75, 3.05) is 13.7 Å². The maximum atomic E-state index is 13.1. The minimum absolute atomic E-state index is 0.00205. The molecule has 1 atom stereocenters. The van der Waals surface area contributed by atoms with Gasteiger partial charge in [0.1, 0.15) is 5.75 Å². The molecule has 0 N–H and O–H groups in total. The first-order chi connectivity index (χ1) is 14.1. The van der Waals surface area contributed by atoms with Gasteiger partial charge in [-0.1, -0.05) is 30.3 Å². The van der Waals surface area contributed by atoms with E-state index in [0.717, 1.165) is 42.1 Å². The molecule has 5 heteroatoms. The molecule has 2 aromatic carbocycles. The normalized spacial score (nSPS) is 16.8. The van der Waals surface area contributed by atoms with Crippen molar-refractivity contribution >= 4 is 5.91 Å². The first-order valence-corrected chi connectivity index (χ1v) is 10.1. The summed E-state index contributed by atoms with van der Waals surface area (Å²) in [6, 6.07) is 16.2. The largest absolute Gasteiger partial charge is 0.497 e. The van der Waals surface area contributed by atoms with Crippen molar-refractivity contribution < 1.29 is 9.53 Å². The van der Waals surface area contributed by atoms with Crippen LogP contribution in [0.5, 0.6) is 5.75 Å². The number of hydrogen-bond donors (Lipinski definition) is 0. The first-order valence-electron chi connectivity index (χ1n) is 10.1. The molecule has 1 aliphatic heterocycles. The second kappa shape index (κ2) is 8.52. The van der Waals surface area contributed by atoms with Crippen LogP contribution in [0.4, 0.5) is 0 Å². The smallest absolute Gasteiger partial charge is 0.226 e. The summed E-state index contributed by atoms with van der Waals surface area (Å²) in [7, 11) is 1.66. The Morgan fingerprint density at radius 2 is 1.93 bits per heavy atom. The van der Waals surface area contributed by atoms with E-state index in [1.54, 1.807) is 7.11 Å². The Labute approximate surface area is 171 Å². The highest BCUT2D eigenvalue weighted by Gasteiger charge is 2.29. The number of ether oxygens (including phenoxy) is 1. The number of nitrogens with zero attached hydrogens (tertiary/aromatic N) is 3. The molecule has 0 aliphatic carbocycles. The van der Waals surface area contributed by atoms with E-state index >= 15 is 0 Å². The van der Waals surface area contributed by atoms with Crippen molar-refractivity contribution in [1.29, 1.82) is 0 Å². The van der Waals surface area contributed by atoms with Gasteiger partial charge in [0.15, 0.2) is 0 Å². The lowest BCUT2D eigenvalue weighted by Gasteiger charge is -2.32. The summed E-state index contributed by atoms with van der Waals surface area (Å²) in [6.07, 6.45) is 6.55. The second-order valence-electron chi connectivity index (χ2n) is 7.71. The number of methoxy groups -OCH3 is 1. The standard InChI is InChI=1S/C24H27N3O2/c1-18-6-3-4-8-23(18)27-16-21(25-17-27)14-20-7-5-13-26(24(20)28)15-19-9-11-22(29-2)12-10-19/h3-4,6,8-12,16-17,20H,5,7,13-15H2,1-2H3. The van der Waals surface area contributed by atoms with Gasteiger partial charge in [0.25, 0.3) is 0 Å². The number of benzene rings is 2. The number of rotatable bonds is 6. The number of piperidine rings is 1. The van der Waals surface area contributed by atoms with Crippen LogP contribution in [0.1, 0.15) is 29.7 Å². The molecule has 29 heavy (non-hydrogen) atoms. The van der Waals surface area contributed by atoms with Gasteiger partial charge in [0.05, 0.1) is 19.1 Å². The van der Waals surface area contributed by atoms with Gasteiger partial charge in [-0.25, -0.2) is 4.98 Å². The third-order valence-electron chi connectivity index (χ3n) is 5.66. The van der Waals surface area contributed by atoms with Crippen LogP contribution in [-0.4, -0.2) is 34.0 Å².